The second-order valence-corrected chi connectivity index (χ2v) is 8.09. The lowest BCUT2D eigenvalue weighted by Crippen LogP contribution is -2.12. The molecule has 0 atom stereocenters. The molecule has 122 valence electrons. The highest BCUT2D eigenvalue weighted by Gasteiger charge is 2.16. The molecule has 0 spiro atoms. The lowest BCUT2D eigenvalue weighted by Gasteiger charge is -2.09. The number of carbonyl (C=O) groups is 1. The molecule has 2 rings (SSSR count). The fraction of sp³-hybridized carbons (Fsp3) is 0.316. The van der Waals surface area contributed by atoms with Crippen molar-refractivity contribution >= 4 is 20.5 Å². The Labute approximate surface area is 139 Å². The van der Waals surface area contributed by atoms with Crippen molar-refractivity contribution in [2.75, 3.05) is 0 Å². The molecule has 2 nitrogen and oxygen atoms in total. The van der Waals surface area contributed by atoms with Gasteiger partial charge in [-0.05, 0) is 30.0 Å². The third kappa shape index (κ3) is 4.29. The van der Waals surface area contributed by atoms with Crippen molar-refractivity contribution in [1.29, 1.82) is 0 Å². The van der Waals surface area contributed by atoms with Crippen LogP contribution in [0.15, 0.2) is 36.4 Å². The Morgan fingerprint density at radius 3 is 2.39 bits per heavy atom. The number of phenolic OH excluding ortho intramolecular Hbond substituents is 1. The lowest BCUT2D eigenvalue weighted by molar-refractivity contribution is 0.0984. The summed E-state index contributed by atoms with van der Waals surface area (Å²) in [5, 5.41) is 11.3. The van der Waals surface area contributed by atoms with E-state index in [2.05, 4.69) is 31.2 Å². The molecule has 2 aromatic rings. The maximum Gasteiger partial charge on any atom is 0.168 e. The van der Waals surface area contributed by atoms with Crippen molar-refractivity contribution in [2.24, 2.45) is 0 Å². The van der Waals surface area contributed by atoms with Crippen LogP contribution < -0.4 is 5.19 Å². The highest BCUT2D eigenvalue weighted by molar-refractivity contribution is 6.53. The number of phenols is 1. The molecule has 0 heterocycles. The number of aromatic hydroxyl groups is 1. The summed E-state index contributed by atoms with van der Waals surface area (Å²) in [6.07, 6.45) is 1.47. The standard InChI is InChI=1S/C19H23FO2Si/c1-3-17(21)16-12-9-14(18(20)19(16)22)8-5-13-6-10-15(11-7-13)23-4-2/h6-7,9-12,22H,3-5,8,23H2,1-2H3. The number of ketones is 1. The molecule has 0 radical (unpaired) electrons. The molecule has 0 bridgehead atoms. The summed E-state index contributed by atoms with van der Waals surface area (Å²) in [6, 6.07) is 12.9. The van der Waals surface area contributed by atoms with E-state index in [1.165, 1.54) is 17.3 Å². The van der Waals surface area contributed by atoms with Gasteiger partial charge in [-0.3, -0.25) is 4.79 Å². The molecule has 4 heteroatoms. The van der Waals surface area contributed by atoms with Gasteiger partial charge in [0.05, 0.1) is 15.1 Å². The van der Waals surface area contributed by atoms with E-state index in [0.29, 0.717) is 18.4 Å². The van der Waals surface area contributed by atoms with Crippen LogP contribution >= 0.6 is 0 Å². The zero-order valence-electron chi connectivity index (χ0n) is 13.7. The van der Waals surface area contributed by atoms with Gasteiger partial charge >= 0.3 is 0 Å². The minimum atomic E-state index is -0.667. The van der Waals surface area contributed by atoms with Gasteiger partial charge in [0.25, 0.3) is 0 Å². The Morgan fingerprint density at radius 1 is 1.09 bits per heavy atom. The molecule has 0 aliphatic heterocycles. The average Bonchev–Trinajstić information content (AvgIpc) is 2.57. The highest BCUT2D eigenvalue weighted by Crippen LogP contribution is 2.26. The van der Waals surface area contributed by atoms with Crippen molar-refractivity contribution in [1.82, 2.24) is 0 Å². The normalized spacial score (nSPS) is 11.3. The monoisotopic (exact) mass is 330 g/mol. The maximum absolute atomic E-state index is 14.2. The Balaban J connectivity index is 2.08. The van der Waals surface area contributed by atoms with E-state index >= 15 is 0 Å². The number of halogens is 1. The van der Waals surface area contributed by atoms with Crippen LogP contribution in [0.3, 0.4) is 0 Å². The van der Waals surface area contributed by atoms with Crippen molar-refractivity contribution in [3.8, 4) is 5.75 Å². The molecule has 0 aromatic heterocycles. The van der Waals surface area contributed by atoms with Gasteiger partial charge in [0.2, 0.25) is 0 Å². The molecular weight excluding hydrogens is 307 g/mol. The first-order valence-corrected chi connectivity index (χ1v) is 9.88. The third-order valence-electron chi connectivity index (χ3n) is 4.06. The molecule has 2 aromatic carbocycles. The van der Waals surface area contributed by atoms with Gasteiger partial charge in [0, 0.05) is 6.42 Å². The van der Waals surface area contributed by atoms with E-state index < -0.39 is 11.6 Å². The number of benzene rings is 2. The summed E-state index contributed by atoms with van der Waals surface area (Å²) in [5.74, 6) is -1.43. The van der Waals surface area contributed by atoms with Crippen molar-refractivity contribution < 1.29 is 14.3 Å². The van der Waals surface area contributed by atoms with Gasteiger partial charge in [0.15, 0.2) is 17.3 Å². The molecule has 0 aliphatic rings. The Morgan fingerprint density at radius 2 is 1.78 bits per heavy atom. The molecular formula is C19H23FO2Si. The summed E-state index contributed by atoms with van der Waals surface area (Å²) in [6.45, 7) is 3.90. The quantitative estimate of drug-likeness (QED) is 0.625. The van der Waals surface area contributed by atoms with Gasteiger partial charge < -0.3 is 5.11 Å². The van der Waals surface area contributed by atoms with Crippen LogP contribution in [0.5, 0.6) is 5.75 Å². The van der Waals surface area contributed by atoms with Gasteiger partial charge in [0.1, 0.15) is 0 Å². The molecule has 1 N–H and O–H groups in total. The minimum absolute atomic E-state index is 0.0719. The Kier molecular flexibility index (Phi) is 6.10. The van der Waals surface area contributed by atoms with Crippen molar-refractivity contribution in [3.63, 3.8) is 0 Å². The van der Waals surface area contributed by atoms with Crippen molar-refractivity contribution in [3.05, 3.63) is 58.9 Å². The Hall–Kier alpha value is -1.94. The SMILES string of the molecule is CC[SiH2]c1ccc(CCc2ccc(C(=O)CC)c(O)c2F)cc1. The van der Waals surface area contributed by atoms with Crippen LogP contribution in [0.25, 0.3) is 0 Å². The number of Topliss-reactive ketones (excluding diaryl/α,β-unsaturated/α-hetero) is 1. The minimum Gasteiger partial charge on any atom is -0.504 e. The molecule has 0 saturated carbocycles. The predicted octanol–water partition coefficient (Wildman–Crippen LogP) is 3.14. The summed E-state index contributed by atoms with van der Waals surface area (Å²) in [5.41, 5.74) is 1.68. The topological polar surface area (TPSA) is 37.3 Å². The van der Waals surface area contributed by atoms with E-state index in [-0.39, 0.29) is 27.3 Å². The van der Waals surface area contributed by atoms with E-state index in [1.807, 2.05) is 0 Å². The maximum atomic E-state index is 14.2. The molecule has 0 amide bonds. The molecule has 0 aliphatic carbocycles. The fourth-order valence-electron chi connectivity index (χ4n) is 2.66. The molecule has 0 saturated heterocycles. The zero-order valence-corrected chi connectivity index (χ0v) is 15.1. The van der Waals surface area contributed by atoms with Crippen molar-refractivity contribution in [2.45, 2.75) is 39.2 Å². The second kappa shape index (κ2) is 8.06. The predicted molar refractivity (Wildman–Crippen MR) is 95.2 cm³/mol. The number of aryl methyl sites for hydroxylation is 2. The molecule has 0 fully saturated rings. The summed E-state index contributed by atoms with van der Waals surface area (Å²) >= 11 is 0. The smallest absolute Gasteiger partial charge is 0.168 e. The van der Waals surface area contributed by atoms with E-state index in [4.69, 9.17) is 0 Å². The summed E-state index contributed by atoms with van der Waals surface area (Å²) < 4.78 is 14.2. The van der Waals surface area contributed by atoms with Gasteiger partial charge in [-0.15, -0.1) is 0 Å². The van der Waals surface area contributed by atoms with Gasteiger partial charge in [-0.2, -0.15) is 0 Å². The summed E-state index contributed by atoms with van der Waals surface area (Å²) in [4.78, 5) is 11.6. The second-order valence-electron chi connectivity index (χ2n) is 5.78. The largest absolute Gasteiger partial charge is 0.504 e. The van der Waals surface area contributed by atoms with E-state index in [0.717, 1.165) is 5.56 Å². The van der Waals surface area contributed by atoms with E-state index in [9.17, 15) is 14.3 Å². The van der Waals surface area contributed by atoms with Gasteiger partial charge in [-0.25, -0.2) is 4.39 Å². The summed E-state index contributed by atoms with van der Waals surface area (Å²) in [7, 11) is -0.133. The third-order valence-corrected chi connectivity index (χ3v) is 5.61. The first kappa shape index (κ1) is 17.4. The van der Waals surface area contributed by atoms with Crippen LogP contribution in [-0.4, -0.2) is 20.4 Å². The number of rotatable bonds is 7. The number of carbonyl (C=O) groups excluding carboxylic acids is 1. The van der Waals surface area contributed by atoms with Crippen LogP contribution in [0, 0.1) is 5.82 Å². The van der Waals surface area contributed by atoms with Crippen LogP contribution in [0.4, 0.5) is 4.39 Å². The fourth-order valence-corrected chi connectivity index (χ4v) is 3.80. The number of hydrogen-bond acceptors (Lipinski definition) is 2. The number of hydrogen-bond donors (Lipinski definition) is 1. The van der Waals surface area contributed by atoms with E-state index in [1.54, 1.807) is 13.0 Å². The van der Waals surface area contributed by atoms with Crippen LogP contribution in [0.1, 0.15) is 41.8 Å². The highest BCUT2D eigenvalue weighted by atomic mass is 28.2. The Bertz CT molecular complexity index is 681. The molecule has 23 heavy (non-hydrogen) atoms. The van der Waals surface area contributed by atoms with Crippen LogP contribution in [-0.2, 0) is 12.8 Å². The first-order chi connectivity index (χ1) is 11.1. The van der Waals surface area contributed by atoms with Gasteiger partial charge in [-0.1, -0.05) is 55.4 Å². The molecule has 0 unspecified atom stereocenters. The average molecular weight is 330 g/mol. The zero-order chi connectivity index (χ0) is 16.8. The lowest BCUT2D eigenvalue weighted by atomic mass is 10.00. The van der Waals surface area contributed by atoms with Crippen LogP contribution in [0.2, 0.25) is 6.04 Å². The first-order valence-electron chi connectivity index (χ1n) is 8.18.